The van der Waals surface area contributed by atoms with E-state index in [0.29, 0.717) is 0 Å². The molecule has 0 radical (unpaired) electrons. The first-order chi connectivity index (χ1) is 16.9. The van der Waals surface area contributed by atoms with Crippen LogP contribution in [0.5, 0.6) is 0 Å². The van der Waals surface area contributed by atoms with E-state index in [1.54, 1.807) is 13.8 Å². The summed E-state index contributed by atoms with van der Waals surface area (Å²) >= 11 is 0. The van der Waals surface area contributed by atoms with Gasteiger partial charge >= 0.3 is 5.97 Å². The summed E-state index contributed by atoms with van der Waals surface area (Å²) in [4.78, 5) is 37.8. The summed E-state index contributed by atoms with van der Waals surface area (Å²) in [7, 11) is 0. The lowest BCUT2D eigenvalue weighted by Gasteiger charge is -2.36. The van der Waals surface area contributed by atoms with E-state index in [9.17, 15) is 14.4 Å². The molecule has 0 bridgehead atoms. The van der Waals surface area contributed by atoms with Crippen LogP contribution in [-0.2, 0) is 24.5 Å². The number of carbonyl (C=O) groups is 3. The summed E-state index contributed by atoms with van der Waals surface area (Å²) < 4.78 is 5.00. The molecule has 182 valence electrons. The summed E-state index contributed by atoms with van der Waals surface area (Å²) in [5.74, 6) is -2.00. The molecular weight excluding hydrogens is 440 g/mol. The average Bonchev–Trinajstić information content (AvgIpc) is 2.87. The van der Waals surface area contributed by atoms with Crippen molar-refractivity contribution in [3.63, 3.8) is 0 Å². The summed E-state index contributed by atoms with van der Waals surface area (Å²) in [6, 6.07) is 28.5. The lowest BCUT2D eigenvalue weighted by atomic mass is 9.67. The van der Waals surface area contributed by atoms with E-state index in [-0.39, 0.29) is 25.4 Å². The van der Waals surface area contributed by atoms with E-state index in [2.05, 4.69) is 5.32 Å². The second-order valence-corrected chi connectivity index (χ2v) is 8.61. The molecule has 6 nitrogen and oxygen atoms in total. The van der Waals surface area contributed by atoms with Gasteiger partial charge in [0, 0.05) is 6.42 Å². The normalized spacial score (nSPS) is 12.9. The van der Waals surface area contributed by atoms with Gasteiger partial charge in [-0.05, 0) is 29.5 Å². The van der Waals surface area contributed by atoms with Crippen LogP contribution in [0.4, 0.5) is 0 Å². The molecule has 0 aliphatic heterocycles. The Morgan fingerprint density at radius 2 is 1.26 bits per heavy atom. The van der Waals surface area contributed by atoms with E-state index in [4.69, 9.17) is 10.5 Å². The van der Waals surface area contributed by atoms with Crippen molar-refractivity contribution >= 4 is 17.8 Å². The number of esters is 1. The summed E-state index contributed by atoms with van der Waals surface area (Å²) in [5.41, 5.74) is 7.66. The quantitative estimate of drug-likeness (QED) is 0.326. The first-order valence-electron chi connectivity index (χ1n) is 11.8. The van der Waals surface area contributed by atoms with E-state index in [1.807, 2.05) is 91.0 Å². The molecule has 3 rings (SSSR count). The van der Waals surface area contributed by atoms with Crippen molar-refractivity contribution < 1.29 is 19.1 Å². The molecule has 3 aromatic rings. The molecule has 0 heterocycles. The molecular formula is C29H32N2O4. The van der Waals surface area contributed by atoms with Crippen LogP contribution in [0.2, 0.25) is 0 Å². The zero-order valence-electron chi connectivity index (χ0n) is 20.1. The van der Waals surface area contributed by atoms with Crippen LogP contribution < -0.4 is 11.1 Å². The topological polar surface area (TPSA) is 98.5 Å². The van der Waals surface area contributed by atoms with Gasteiger partial charge in [0.25, 0.3) is 0 Å². The third-order valence-electron chi connectivity index (χ3n) is 6.21. The van der Waals surface area contributed by atoms with Gasteiger partial charge in [0.05, 0.1) is 18.4 Å². The Bertz CT molecular complexity index is 1020. The van der Waals surface area contributed by atoms with Gasteiger partial charge in [-0.25, -0.2) is 0 Å². The number of hydrogen-bond acceptors (Lipinski definition) is 4. The first kappa shape index (κ1) is 25.7. The number of nitrogens with one attached hydrogen (secondary N) is 1. The molecule has 0 fully saturated rings. The van der Waals surface area contributed by atoms with Gasteiger partial charge in [-0.2, -0.15) is 0 Å². The van der Waals surface area contributed by atoms with Crippen molar-refractivity contribution in [3.05, 3.63) is 108 Å². The maximum absolute atomic E-state index is 13.6. The molecule has 35 heavy (non-hydrogen) atoms. The SMILES string of the molecule is CCOC(=O)C[C@H](C)[C@@H](NC(=O)CC(c1ccccc1)(c1ccccc1)c1ccccc1)C(N)=O. The maximum Gasteiger partial charge on any atom is 0.306 e. The molecule has 0 aromatic heterocycles. The van der Waals surface area contributed by atoms with Crippen molar-refractivity contribution in [2.45, 2.75) is 38.1 Å². The number of ether oxygens (including phenoxy) is 1. The number of amides is 2. The van der Waals surface area contributed by atoms with E-state index < -0.39 is 29.3 Å². The highest BCUT2D eigenvalue weighted by Gasteiger charge is 2.39. The van der Waals surface area contributed by atoms with E-state index in [1.165, 1.54) is 0 Å². The number of carbonyl (C=O) groups excluding carboxylic acids is 3. The van der Waals surface area contributed by atoms with Crippen LogP contribution in [0, 0.1) is 5.92 Å². The van der Waals surface area contributed by atoms with Crippen molar-refractivity contribution in [3.8, 4) is 0 Å². The predicted octanol–water partition coefficient (Wildman–Crippen LogP) is 3.97. The number of hydrogen-bond donors (Lipinski definition) is 2. The van der Waals surface area contributed by atoms with Crippen molar-refractivity contribution in [2.75, 3.05) is 6.61 Å². The monoisotopic (exact) mass is 472 g/mol. The van der Waals surface area contributed by atoms with Crippen LogP contribution in [0.1, 0.15) is 43.4 Å². The Kier molecular flexibility index (Phi) is 8.79. The molecule has 2 atom stereocenters. The van der Waals surface area contributed by atoms with Gasteiger partial charge < -0.3 is 15.8 Å². The number of rotatable bonds is 11. The number of nitrogens with two attached hydrogens (primary N) is 1. The van der Waals surface area contributed by atoms with Gasteiger partial charge in [-0.1, -0.05) is 97.9 Å². The van der Waals surface area contributed by atoms with Gasteiger partial charge in [0.15, 0.2) is 0 Å². The molecule has 2 amide bonds. The van der Waals surface area contributed by atoms with Gasteiger partial charge in [0.1, 0.15) is 6.04 Å². The highest BCUT2D eigenvalue weighted by Crippen LogP contribution is 2.42. The minimum absolute atomic E-state index is 0.0249. The Labute approximate surface area is 206 Å². The Morgan fingerprint density at radius 3 is 1.63 bits per heavy atom. The van der Waals surface area contributed by atoms with Gasteiger partial charge in [-0.15, -0.1) is 0 Å². The van der Waals surface area contributed by atoms with Crippen LogP contribution in [0.15, 0.2) is 91.0 Å². The largest absolute Gasteiger partial charge is 0.466 e. The zero-order valence-corrected chi connectivity index (χ0v) is 20.1. The van der Waals surface area contributed by atoms with E-state index >= 15 is 0 Å². The second kappa shape index (κ2) is 12.0. The fourth-order valence-electron chi connectivity index (χ4n) is 4.53. The van der Waals surface area contributed by atoms with Crippen LogP contribution in [0.3, 0.4) is 0 Å². The van der Waals surface area contributed by atoms with Crippen LogP contribution in [0.25, 0.3) is 0 Å². The molecule has 6 heteroatoms. The fraction of sp³-hybridized carbons (Fsp3) is 0.276. The molecule has 0 saturated carbocycles. The Morgan fingerprint density at radius 1 is 0.829 bits per heavy atom. The predicted molar refractivity (Wildman–Crippen MR) is 135 cm³/mol. The van der Waals surface area contributed by atoms with Gasteiger partial charge in [-0.3, -0.25) is 14.4 Å². The second-order valence-electron chi connectivity index (χ2n) is 8.61. The van der Waals surface area contributed by atoms with Crippen molar-refractivity contribution in [2.24, 2.45) is 11.7 Å². The lowest BCUT2D eigenvalue weighted by molar-refractivity contribution is -0.144. The summed E-state index contributed by atoms with van der Waals surface area (Å²) in [6.07, 6.45) is 0.0177. The highest BCUT2D eigenvalue weighted by molar-refractivity contribution is 5.88. The summed E-state index contributed by atoms with van der Waals surface area (Å²) in [5, 5.41) is 2.81. The molecule has 0 aliphatic carbocycles. The zero-order chi connectivity index (χ0) is 25.3. The van der Waals surface area contributed by atoms with Gasteiger partial charge in [0.2, 0.25) is 11.8 Å². The van der Waals surface area contributed by atoms with Crippen molar-refractivity contribution in [1.29, 1.82) is 0 Å². The smallest absolute Gasteiger partial charge is 0.306 e. The maximum atomic E-state index is 13.6. The third kappa shape index (κ3) is 6.15. The average molecular weight is 473 g/mol. The van der Waals surface area contributed by atoms with E-state index in [0.717, 1.165) is 16.7 Å². The highest BCUT2D eigenvalue weighted by atomic mass is 16.5. The molecule has 0 unspecified atom stereocenters. The molecule has 3 aromatic carbocycles. The lowest BCUT2D eigenvalue weighted by Crippen LogP contribution is -2.50. The van der Waals surface area contributed by atoms with Crippen LogP contribution in [-0.4, -0.2) is 30.4 Å². The first-order valence-corrected chi connectivity index (χ1v) is 11.8. The van der Waals surface area contributed by atoms with Crippen LogP contribution >= 0.6 is 0 Å². The third-order valence-corrected chi connectivity index (χ3v) is 6.21. The molecule has 0 aliphatic rings. The standard InChI is InChI=1S/C29H32N2O4/c1-3-35-26(33)19-21(2)27(28(30)34)31-25(32)20-29(22-13-7-4-8-14-22,23-15-9-5-10-16-23)24-17-11-6-12-18-24/h4-18,21,27H,3,19-20H2,1-2H3,(H2,30,34)(H,31,32)/t21-,27+/m0/s1. The fourth-order valence-corrected chi connectivity index (χ4v) is 4.53. The molecule has 3 N–H and O–H groups in total. The molecule has 0 spiro atoms. The molecule has 0 saturated heterocycles. The van der Waals surface area contributed by atoms with Crippen molar-refractivity contribution in [1.82, 2.24) is 5.32 Å². The number of benzene rings is 3. The summed E-state index contributed by atoms with van der Waals surface area (Å²) in [6.45, 7) is 3.66. The number of primary amides is 1. The minimum atomic E-state index is -1.01. The Balaban J connectivity index is 2.01. The Hall–Kier alpha value is -3.93. The minimum Gasteiger partial charge on any atom is -0.466 e.